The summed E-state index contributed by atoms with van der Waals surface area (Å²) in [6.07, 6.45) is 5.96. The van der Waals surface area contributed by atoms with Crippen LogP contribution in [0.15, 0.2) is 43.5 Å². The smallest absolute Gasteiger partial charge is 0.0537 e. The largest absolute Gasteiger partial charge is 0.314 e. The zero-order valence-electron chi connectivity index (χ0n) is 11.3. The highest BCUT2D eigenvalue weighted by atomic mass is 15.0. The molecule has 0 atom stereocenters. The average molecular weight is 237 g/mol. The van der Waals surface area contributed by atoms with E-state index in [2.05, 4.69) is 49.8 Å². The summed E-state index contributed by atoms with van der Waals surface area (Å²) < 4.78 is 2.19. The van der Waals surface area contributed by atoms with Crippen LogP contribution in [0.4, 0.5) is 0 Å². The SMILES string of the molecule is C=Cc1c(C)n(C(=C)C=CC)c2ccc(C)cc12. The zero-order chi connectivity index (χ0) is 13.3. The van der Waals surface area contributed by atoms with Crippen LogP contribution in [0.2, 0.25) is 0 Å². The van der Waals surface area contributed by atoms with Gasteiger partial charge < -0.3 is 4.57 Å². The first-order chi connectivity index (χ1) is 8.60. The molecule has 0 fully saturated rings. The van der Waals surface area contributed by atoms with Crippen molar-refractivity contribution in [1.29, 1.82) is 0 Å². The van der Waals surface area contributed by atoms with E-state index in [0.717, 1.165) is 5.70 Å². The number of aryl methyl sites for hydroxylation is 1. The van der Waals surface area contributed by atoms with Crippen LogP contribution < -0.4 is 0 Å². The van der Waals surface area contributed by atoms with Crippen molar-refractivity contribution in [2.45, 2.75) is 20.8 Å². The predicted octanol–water partition coefficient (Wildman–Crippen LogP) is 4.95. The number of benzene rings is 1. The minimum atomic E-state index is 0.983. The summed E-state index contributed by atoms with van der Waals surface area (Å²) in [5, 5.41) is 1.24. The molecule has 0 aliphatic rings. The van der Waals surface area contributed by atoms with Gasteiger partial charge in [0.1, 0.15) is 0 Å². The lowest BCUT2D eigenvalue weighted by atomic mass is 10.1. The molecule has 0 saturated heterocycles. The van der Waals surface area contributed by atoms with Crippen LogP contribution in [0.5, 0.6) is 0 Å². The molecule has 2 rings (SSSR count). The van der Waals surface area contributed by atoms with Crippen LogP contribution in [-0.2, 0) is 0 Å². The van der Waals surface area contributed by atoms with Gasteiger partial charge in [-0.2, -0.15) is 0 Å². The third-order valence-corrected chi connectivity index (χ3v) is 3.26. The second kappa shape index (κ2) is 4.69. The Morgan fingerprint density at radius 2 is 2.00 bits per heavy atom. The fourth-order valence-electron chi connectivity index (χ4n) is 2.45. The summed E-state index contributed by atoms with van der Waals surface area (Å²) in [5.74, 6) is 0. The monoisotopic (exact) mass is 237 g/mol. The minimum absolute atomic E-state index is 0.983. The molecule has 18 heavy (non-hydrogen) atoms. The highest BCUT2D eigenvalue weighted by molar-refractivity contribution is 5.94. The van der Waals surface area contributed by atoms with Crippen LogP contribution in [-0.4, -0.2) is 4.57 Å². The first-order valence-corrected chi connectivity index (χ1v) is 6.16. The second-order valence-corrected chi connectivity index (χ2v) is 4.55. The molecule has 0 amide bonds. The normalized spacial score (nSPS) is 11.3. The molecule has 1 aromatic carbocycles. The summed E-state index contributed by atoms with van der Waals surface area (Å²) in [6.45, 7) is 14.3. The Morgan fingerprint density at radius 3 is 2.61 bits per heavy atom. The third kappa shape index (κ3) is 1.82. The van der Waals surface area contributed by atoms with Crippen molar-refractivity contribution >= 4 is 22.7 Å². The predicted molar refractivity (Wildman–Crippen MR) is 81.6 cm³/mol. The molecule has 1 aromatic heterocycles. The van der Waals surface area contributed by atoms with Crippen LogP contribution in [0.3, 0.4) is 0 Å². The molecule has 0 N–H and O–H groups in total. The molecular formula is C17H19N. The number of aromatic nitrogens is 1. The molecule has 0 aliphatic carbocycles. The van der Waals surface area contributed by atoms with Crippen molar-refractivity contribution in [3.63, 3.8) is 0 Å². The molecular weight excluding hydrogens is 218 g/mol. The topological polar surface area (TPSA) is 4.93 Å². The summed E-state index contributed by atoms with van der Waals surface area (Å²) in [7, 11) is 0. The number of hydrogen-bond acceptors (Lipinski definition) is 0. The van der Waals surface area contributed by atoms with E-state index in [1.165, 1.54) is 27.7 Å². The average Bonchev–Trinajstić information content (AvgIpc) is 2.60. The van der Waals surface area contributed by atoms with Crippen LogP contribution in [0.1, 0.15) is 23.7 Å². The van der Waals surface area contributed by atoms with E-state index in [4.69, 9.17) is 0 Å². The van der Waals surface area contributed by atoms with Crippen molar-refractivity contribution in [1.82, 2.24) is 4.57 Å². The van der Waals surface area contributed by atoms with Crippen LogP contribution >= 0.6 is 0 Å². The molecule has 1 nitrogen and oxygen atoms in total. The number of rotatable bonds is 3. The molecule has 0 bridgehead atoms. The Bertz CT molecular complexity index is 654. The Morgan fingerprint density at radius 1 is 1.28 bits per heavy atom. The molecule has 1 heteroatoms. The van der Waals surface area contributed by atoms with E-state index in [1.54, 1.807) is 0 Å². The lowest BCUT2D eigenvalue weighted by Crippen LogP contribution is -1.95. The van der Waals surface area contributed by atoms with Gasteiger partial charge in [0.25, 0.3) is 0 Å². The van der Waals surface area contributed by atoms with Gasteiger partial charge in [0.2, 0.25) is 0 Å². The summed E-state index contributed by atoms with van der Waals surface area (Å²) in [6, 6.07) is 6.49. The van der Waals surface area contributed by atoms with Crippen LogP contribution in [0, 0.1) is 13.8 Å². The molecule has 0 radical (unpaired) electrons. The van der Waals surface area contributed by atoms with Gasteiger partial charge in [-0.3, -0.25) is 0 Å². The Labute approximate surface area is 109 Å². The maximum atomic E-state index is 4.14. The number of fused-ring (bicyclic) bond motifs is 1. The number of hydrogen-bond donors (Lipinski definition) is 0. The van der Waals surface area contributed by atoms with Gasteiger partial charge in [0.15, 0.2) is 0 Å². The maximum Gasteiger partial charge on any atom is 0.0537 e. The van der Waals surface area contributed by atoms with Gasteiger partial charge in [-0.1, -0.05) is 36.9 Å². The Kier molecular flexibility index (Phi) is 3.24. The lowest BCUT2D eigenvalue weighted by Gasteiger charge is -2.08. The quantitative estimate of drug-likeness (QED) is 0.666. The molecule has 0 spiro atoms. The van der Waals surface area contributed by atoms with Crippen molar-refractivity contribution in [2.24, 2.45) is 0 Å². The summed E-state index contributed by atoms with van der Waals surface area (Å²) in [4.78, 5) is 0. The highest BCUT2D eigenvalue weighted by Crippen LogP contribution is 2.30. The van der Waals surface area contributed by atoms with Gasteiger partial charge in [-0.25, -0.2) is 0 Å². The summed E-state index contributed by atoms with van der Waals surface area (Å²) in [5.41, 5.74) is 5.82. The minimum Gasteiger partial charge on any atom is -0.314 e. The van der Waals surface area contributed by atoms with Gasteiger partial charge in [0.05, 0.1) is 5.52 Å². The summed E-state index contributed by atoms with van der Waals surface area (Å²) >= 11 is 0. The Hall–Kier alpha value is -2.02. The Balaban J connectivity index is 2.85. The highest BCUT2D eigenvalue weighted by Gasteiger charge is 2.12. The van der Waals surface area contributed by atoms with Gasteiger partial charge in [0, 0.05) is 22.3 Å². The standard InChI is InChI=1S/C17H19N/c1-6-8-13(4)18-14(5)15(7-2)16-11-12(3)9-10-17(16)18/h6-11H,2,4H2,1,3,5H3. The molecule has 2 aromatic rings. The van der Waals surface area contributed by atoms with Crippen LogP contribution in [0.25, 0.3) is 22.7 Å². The van der Waals surface area contributed by atoms with Crippen molar-refractivity contribution in [2.75, 3.05) is 0 Å². The van der Waals surface area contributed by atoms with Crippen molar-refractivity contribution in [3.05, 3.63) is 60.3 Å². The maximum absolute atomic E-state index is 4.14. The number of allylic oxidation sites excluding steroid dienone is 3. The first-order valence-electron chi connectivity index (χ1n) is 6.16. The van der Waals surface area contributed by atoms with E-state index >= 15 is 0 Å². The van der Waals surface area contributed by atoms with Crippen molar-refractivity contribution < 1.29 is 0 Å². The van der Waals surface area contributed by atoms with E-state index in [-0.39, 0.29) is 0 Å². The van der Waals surface area contributed by atoms with E-state index in [0.29, 0.717) is 0 Å². The lowest BCUT2D eigenvalue weighted by molar-refractivity contribution is 1.09. The van der Waals surface area contributed by atoms with E-state index in [1.807, 2.05) is 25.2 Å². The molecule has 0 unspecified atom stereocenters. The first kappa shape index (κ1) is 12.4. The fourth-order valence-corrected chi connectivity index (χ4v) is 2.45. The molecule has 92 valence electrons. The van der Waals surface area contributed by atoms with E-state index < -0.39 is 0 Å². The van der Waals surface area contributed by atoms with Gasteiger partial charge >= 0.3 is 0 Å². The van der Waals surface area contributed by atoms with Crippen molar-refractivity contribution in [3.8, 4) is 0 Å². The van der Waals surface area contributed by atoms with Gasteiger partial charge in [-0.05, 0) is 39.0 Å². The van der Waals surface area contributed by atoms with Gasteiger partial charge in [-0.15, -0.1) is 0 Å². The molecule has 1 heterocycles. The molecule has 0 saturated carbocycles. The number of nitrogens with zero attached hydrogens (tertiary/aromatic N) is 1. The molecule has 0 aliphatic heterocycles. The zero-order valence-corrected chi connectivity index (χ0v) is 11.3. The fraction of sp³-hybridized carbons (Fsp3) is 0.176. The second-order valence-electron chi connectivity index (χ2n) is 4.55. The third-order valence-electron chi connectivity index (χ3n) is 3.26. The van der Waals surface area contributed by atoms with E-state index in [9.17, 15) is 0 Å².